The smallest absolute Gasteiger partial charge is 0.257 e. The Morgan fingerprint density at radius 2 is 1.97 bits per heavy atom. The summed E-state index contributed by atoms with van der Waals surface area (Å²) in [7, 11) is 1.65. The van der Waals surface area contributed by atoms with Crippen molar-refractivity contribution in [3.63, 3.8) is 0 Å². The van der Waals surface area contributed by atoms with Crippen LogP contribution in [0.1, 0.15) is 49.4 Å². The molecular weight excluding hydrogens is 493 g/mol. The molecule has 0 radical (unpaired) electrons. The molecule has 6 rings (SSSR count). The minimum atomic E-state index is -0.864. The molecule has 2 bridgehead atoms. The van der Waals surface area contributed by atoms with Crippen LogP contribution < -0.4 is 15.6 Å². The van der Waals surface area contributed by atoms with E-state index in [1.807, 2.05) is 0 Å². The van der Waals surface area contributed by atoms with E-state index in [9.17, 15) is 22.8 Å². The molecule has 0 saturated heterocycles. The molecule has 6 nitrogen and oxygen atoms in total. The summed E-state index contributed by atoms with van der Waals surface area (Å²) in [5, 5.41) is 3.29. The highest BCUT2D eigenvalue weighted by molar-refractivity contribution is 5.97. The molecule has 5 unspecified atom stereocenters. The number of fused-ring (bicyclic) bond motifs is 2. The Kier molecular flexibility index (Phi) is 6.00. The molecule has 38 heavy (non-hydrogen) atoms. The van der Waals surface area contributed by atoms with Gasteiger partial charge in [-0.25, -0.2) is 18.2 Å². The SMILES string of the molecule is CN(CCF)c1ccc2c(=O)c(C(=O)NC3(C)CC4CC5CC(C3)C5C4)cn(-c3ccc(F)cc3F)c2n1. The number of nitrogens with zero attached hydrogens (tertiary/aromatic N) is 3. The lowest BCUT2D eigenvalue weighted by Crippen LogP contribution is -2.51. The van der Waals surface area contributed by atoms with Gasteiger partial charge in [0.1, 0.15) is 29.7 Å². The first kappa shape index (κ1) is 24.9. The van der Waals surface area contributed by atoms with Crippen LogP contribution in [0.5, 0.6) is 0 Å². The van der Waals surface area contributed by atoms with Crippen LogP contribution in [0.25, 0.3) is 16.7 Å². The molecule has 3 fully saturated rings. The Labute approximate surface area is 218 Å². The minimum absolute atomic E-state index is 0.0539. The van der Waals surface area contributed by atoms with Gasteiger partial charge in [-0.05, 0) is 87.0 Å². The van der Waals surface area contributed by atoms with Crippen molar-refractivity contribution in [1.82, 2.24) is 14.9 Å². The van der Waals surface area contributed by atoms with Crippen molar-refractivity contribution in [1.29, 1.82) is 0 Å². The summed E-state index contributed by atoms with van der Waals surface area (Å²) in [6.07, 6.45) is 6.69. The van der Waals surface area contributed by atoms with E-state index in [-0.39, 0.29) is 28.8 Å². The van der Waals surface area contributed by atoms with Gasteiger partial charge < -0.3 is 10.2 Å². The standard InChI is InChI=1S/C29H31F3N4O2/c1-29(13-16-9-17-11-18(14-29)21(17)10-16)34-28(38)22-15-36(24-5-3-19(31)12-23(24)32)27-20(26(22)37)4-6-25(33-27)35(2)8-7-30/h3-6,12,15-18,21H,7-11,13-14H2,1-2H3,(H,34,38). The lowest BCUT2D eigenvalue weighted by Gasteiger charge is -2.46. The van der Waals surface area contributed by atoms with Gasteiger partial charge in [0, 0.05) is 31.4 Å². The maximum absolute atomic E-state index is 15.0. The zero-order chi connectivity index (χ0) is 26.8. The molecule has 1 N–H and O–H groups in total. The number of carbonyl (C=O) groups is 1. The average molecular weight is 525 g/mol. The summed E-state index contributed by atoms with van der Waals surface area (Å²) >= 11 is 0. The number of hydrogen-bond donors (Lipinski definition) is 1. The largest absolute Gasteiger partial charge is 0.357 e. The van der Waals surface area contributed by atoms with Crippen LogP contribution >= 0.6 is 0 Å². The molecule has 2 aromatic heterocycles. The molecule has 9 heteroatoms. The highest BCUT2D eigenvalue weighted by atomic mass is 19.1. The molecule has 200 valence electrons. The summed E-state index contributed by atoms with van der Waals surface area (Å²) in [5.74, 6) is 1.03. The van der Waals surface area contributed by atoms with Crippen LogP contribution in [-0.2, 0) is 0 Å². The zero-order valence-electron chi connectivity index (χ0n) is 21.5. The molecule has 0 spiro atoms. The van der Waals surface area contributed by atoms with Crippen LogP contribution in [0.4, 0.5) is 19.0 Å². The number of anilines is 1. The van der Waals surface area contributed by atoms with E-state index >= 15 is 0 Å². The van der Waals surface area contributed by atoms with Gasteiger partial charge in [0.05, 0.1) is 11.1 Å². The van der Waals surface area contributed by atoms with Crippen LogP contribution in [0.3, 0.4) is 0 Å². The second kappa shape index (κ2) is 9.13. The predicted octanol–water partition coefficient (Wildman–Crippen LogP) is 5.01. The third kappa shape index (κ3) is 4.16. The summed E-state index contributed by atoms with van der Waals surface area (Å²) < 4.78 is 42.9. The second-order valence-corrected chi connectivity index (χ2v) is 11.7. The van der Waals surface area contributed by atoms with Crippen molar-refractivity contribution in [2.45, 2.75) is 44.6 Å². The van der Waals surface area contributed by atoms with E-state index in [0.29, 0.717) is 17.7 Å². The van der Waals surface area contributed by atoms with Gasteiger partial charge in [0.25, 0.3) is 5.91 Å². The summed E-state index contributed by atoms with van der Waals surface area (Å²) in [5.41, 5.74) is -1.04. The first-order valence-electron chi connectivity index (χ1n) is 13.3. The zero-order valence-corrected chi connectivity index (χ0v) is 21.5. The highest BCUT2D eigenvalue weighted by Crippen LogP contribution is 2.60. The van der Waals surface area contributed by atoms with Crippen LogP contribution in [-0.4, -0.2) is 41.3 Å². The van der Waals surface area contributed by atoms with Gasteiger partial charge in [0.15, 0.2) is 5.65 Å². The Balaban J connectivity index is 1.43. The summed E-state index contributed by atoms with van der Waals surface area (Å²) in [6.45, 7) is 1.54. The molecule has 3 aliphatic rings. The Morgan fingerprint density at radius 3 is 2.74 bits per heavy atom. The number of alkyl halides is 1. The number of aromatic nitrogens is 2. The van der Waals surface area contributed by atoms with Crippen LogP contribution in [0.15, 0.2) is 41.3 Å². The van der Waals surface area contributed by atoms with E-state index in [4.69, 9.17) is 0 Å². The topological polar surface area (TPSA) is 67.2 Å². The number of nitrogens with one attached hydrogen (secondary N) is 1. The fourth-order valence-corrected chi connectivity index (χ4v) is 7.31. The van der Waals surface area contributed by atoms with Gasteiger partial charge >= 0.3 is 0 Å². The molecule has 1 aromatic carbocycles. The highest BCUT2D eigenvalue weighted by Gasteiger charge is 2.53. The number of halogens is 3. The fraction of sp³-hybridized carbons (Fsp3) is 0.483. The average Bonchev–Trinajstić information content (AvgIpc) is 3.12. The molecular formula is C29H31F3N4O2. The molecule has 3 saturated carbocycles. The first-order chi connectivity index (χ1) is 18.2. The number of pyridine rings is 2. The molecule has 5 atom stereocenters. The second-order valence-electron chi connectivity index (χ2n) is 11.7. The number of rotatable bonds is 6. The monoisotopic (exact) mass is 524 g/mol. The third-order valence-corrected chi connectivity index (χ3v) is 8.99. The van der Waals surface area contributed by atoms with Crippen LogP contribution in [0.2, 0.25) is 0 Å². The predicted molar refractivity (Wildman–Crippen MR) is 139 cm³/mol. The number of amides is 1. The number of carbonyl (C=O) groups excluding carboxylic acids is 1. The Hall–Kier alpha value is -3.36. The van der Waals surface area contributed by atoms with E-state index in [1.54, 1.807) is 18.0 Å². The molecule has 0 aliphatic heterocycles. The maximum atomic E-state index is 15.0. The van der Waals surface area contributed by atoms with Gasteiger partial charge in [-0.1, -0.05) is 0 Å². The van der Waals surface area contributed by atoms with E-state index in [2.05, 4.69) is 17.2 Å². The summed E-state index contributed by atoms with van der Waals surface area (Å²) in [6, 6.07) is 6.18. The van der Waals surface area contributed by atoms with Gasteiger partial charge in [-0.3, -0.25) is 14.2 Å². The normalized spacial score (nSPS) is 27.6. The number of benzene rings is 1. The first-order valence-corrected chi connectivity index (χ1v) is 13.3. The van der Waals surface area contributed by atoms with Gasteiger partial charge in [-0.15, -0.1) is 0 Å². The van der Waals surface area contributed by atoms with Crippen molar-refractivity contribution in [3.8, 4) is 5.69 Å². The molecule has 3 aliphatic carbocycles. The van der Waals surface area contributed by atoms with Crippen molar-refractivity contribution in [2.75, 3.05) is 25.2 Å². The van der Waals surface area contributed by atoms with Crippen molar-refractivity contribution < 1.29 is 18.0 Å². The summed E-state index contributed by atoms with van der Waals surface area (Å²) in [4.78, 5) is 33.3. The lowest BCUT2D eigenvalue weighted by molar-refractivity contribution is 0.0570. The maximum Gasteiger partial charge on any atom is 0.257 e. The Bertz CT molecular complexity index is 1480. The fourth-order valence-electron chi connectivity index (χ4n) is 7.31. The van der Waals surface area contributed by atoms with Crippen LogP contribution in [0, 0.1) is 35.3 Å². The van der Waals surface area contributed by atoms with Gasteiger partial charge in [-0.2, -0.15) is 0 Å². The molecule has 1 amide bonds. The molecule has 3 aromatic rings. The van der Waals surface area contributed by atoms with E-state index in [0.717, 1.165) is 36.8 Å². The Morgan fingerprint density at radius 1 is 1.16 bits per heavy atom. The minimum Gasteiger partial charge on any atom is -0.357 e. The van der Waals surface area contributed by atoms with Crippen molar-refractivity contribution >= 4 is 22.8 Å². The van der Waals surface area contributed by atoms with E-state index < -0.39 is 35.2 Å². The lowest BCUT2D eigenvalue weighted by atomic mass is 9.62. The van der Waals surface area contributed by atoms with E-state index in [1.165, 1.54) is 42.2 Å². The van der Waals surface area contributed by atoms with Crippen molar-refractivity contribution in [3.05, 3.63) is 63.9 Å². The number of hydrogen-bond acceptors (Lipinski definition) is 4. The molecule has 2 heterocycles. The van der Waals surface area contributed by atoms with Crippen molar-refractivity contribution in [2.24, 2.45) is 23.7 Å². The third-order valence-electron chi connectivity index (χ3n) is 8.99. The van der Waals surface area contributed by atoms with Gasteiger partial charge in [0.2, 0.25) is 5.43 Å². The quantitative estimate of drug-likeness (QED) is 0.492.